The van der Waals surface area contributed by atoms with Crippen LogP contribution in [0.5, 0.6) is 0 Å². The lowest BCUT2D eigenvalue weighted by molar-refractivity contribution is 0.360. The molecule has 2 heterocycles. The van der Waals surface area contributed by atoms with Crippen molar-refractivity contribution in [2.24, 2.45) is 0 Å². The highest BCUT2D eigenvalue weighted by atomic mass is 15.1. The third-order valence-electron chi connectivity index (χ3n) is 5.31. The van der Waals surface area contributed by atoms with Crippen molar-refractivity contribution >= 4 is 6.08 Å². The average Bonchev–Trinajstić information content (AvgIpc) is 2.90. The van der Waals surface area contributed by atoms with E-state index < -0.39 is 0 Å². The fourth-order valence-electron chi connectivity index (χ4n) is 4.52. The molecule has 0 N–H and O–H groups in total. The second kappa shape index (κ2) is 5.98. The maximum Gasteiger partial charge on any atom is 0.0399 e. The fraction of sp³-hybridized carbons (Fsp3) is 0.619. The van der Waals surface area contributed by atoms with E-state index in [1.807, 2.05) is 0 Å². The van der Waals surface area contributed by atoms with Gasteiger partial charge in [-0.25, -0.2) is 0 Å². The Morgan fingerprint density at radius 1 is 1.35 bits per heavy atom. The molecular weight excluding hydrogens is 280 g/mol. The second-order valence-electron chi connectivity index (χ2n) is 8.42. The molecule has 23 heavy (non-hydrogen) atoms. The monoisotopic (exact) mass is 312 g/mol. The van der Waals surface area contributed by atoms with Crippen molar-refractivity contribution in [1.82, 2.24) is 9.47 Å². The number of hydrogen-bond acceptors (Lipinski definition) is 1. The lowest BCUT2D eigenvalue weighted by atomic mass is 9.88. The van der Waals surface area contributed by atoms with Crippen LogP contribution in [0, 0.1) is 0 Å². The van der Waals surface area contributed by atoms with E-state index in [4.69, 9.17) is 0 Å². The van der Waals surface area contributed by atoms with Crippen molar-refractivity contribution in [2.45, 2.75) is 64.8 Å². The largest absolute Gasteiger partial charge is 0.342 e. The Kier molecular flexibility index (Phi) is 4.31. The summed E-state index contributed by atoms with van der Waals surface area (Å²) in [4.78, 5) is 2.30. The van der Waals surface area contributed by atoms with Gasteiger partial charge in [0.2, 0.25) is 0 Å². The van der Waals surface area contributed by atoms with Gasteiger partial charge in [-0.15, -0.1) is 0 Å². The molecule has 0 radical (unpaired) electrons. The number of hydrogen-bond donors (Lipinski definition) is 0. The van der Waals surface area contributed by atoms with Crippen LogP contribution in [0.2, 0.25) is 0 Å². The van der Waals surface area contributed by atoms with Gasteiger partial charge in [0.05, 0.1) is 0 Å². The number of fused-ring (bicyclic) bond motifs is 3. The molecule has 0 amide bonds. The molecule has 0 unspecified atom stereocenters. The molecule has 1 aromatic rings. The van der Waals surface area contributed by atoms with E-state index in [1.54, 1.807) is 17.0 Å². The Hall–Kier alpha value is -1.28. The van der Waals surface area contributed by atoms with Gasteiger partial charge in [0.25, 0.3) is 0 Å². The first-order valence-electron chi connectivity index (χ1n) is 9.04. The van der Waals surface area contributed by atoms with Gasteiger partial charge in [0.15, 0.2) is 0 Å². The molecule has 1 aromatic heterocycles. The van der Waals surface area contributed by atoms with Crippen molar-refractivity contribution in [3.63, 3.8) is 0 Å². The first-order chi connectivity index (χ1) is 10.8. The van der Waals surface area contributed by atoms with E-state index in [9.17, 15) is 0 Å². The summed E-state index contributed by atoms with van der Waals surface area (Å²) in [6, 6.07) is 0. The van der Waals surface area contributed by atoms with Crippen molar-refractivity contribution in [2.75, 3.05) is 20.6 Å². The SMILES string of the molecule is CC(C)=C[C@H]1CC(C)(C)n2c3c(c(CCN(C)C)c21)C=CCC3. The molecule has 0 bridgehead atoms. The van der Waals surface area contributed by atoms with Crippen LogP contribution in [0.25, 0.3) is 6.08 Å². The van der Waals surface area contributed by atoms with Gasteiger partial charge in [0.1, 0.15) is 0 Å². The van der Waals surface area contributed by atoms with Crippen LogP contribution in [0.4, 0.5) is 0 Å². The van der Waals surface area contributed by atoms with Gasteiger partial charge in [-0.05, 0) is 78.6 Å². The third kappa shape index (κ3) is 2.94. The summed E-state index contributed by atoms with van der Waals surface area (Å²) >= 11 is 0. The van der Waals surface area contributed by atoms with Crippen LogP contribution in [0.15, 0.2) is 17.7 Å². The minimum atomic E-state index is 0.234. The molecule has 0 saturated heterocycles. The van der Waals surface area contributed by atoms with Crippen molar-refractivity contribution in [3.05, 3.63) is 40.2 Å². The van der Waals surface area contributed by atoms with Crippen molar-refractivity contribution in [3.8, 4) is 0 Å². The molecule has 2 heteroatoms. The Bertz CT molecular complexity index is 652. The molecule has 0 aromatic carbocycles. The molecule has 1 aliphatic carbocycles. The molecule has 0 spiro atoms. The van der Waals surface area contributed by atoms with Crippen LogP contribution in [0.1, 0.15) is 69.0 Å². The predicted molar refractivity (Wildman–Crippen MR) is 100 cm³/mol. The normalized spacial score (nSPS) is 21.4. The maximum atomic E-state index is 2.71. The van der Waals surface area contributed by atoms with Gasteiger partial charge in [0, 0.05) is 29.4 Å². The number of rotatable bonds is 4. The van der Waals surface area contributed by atoms with Crippen LogP contribution >= 0.6 is 0 Å². The summed E-state index contributed by atoms with van der Waals surface area (Å²) < 4.78 is 2.71. The average molecular weight is 313 g/mol. The first-order valence-corrected chi connectivity index (χ1v) is 9.04. The molecule has 0 fully saturated rings. The molecule has 2 aliphatic rings. The zero-order chi connectivity index (χ0) is 16.8. The van der Waals surface area contributed by atoms with Gasteiger partial charge in [-0.3, -0.25) is 0 Å². The summed E-state index contributed by atoms with van der Waals surface area (Å²) in [5, 5.41) is 0. The minimum Gasteiger partial charge on any atom is -0.342 e. The number of aromatic nitrogens is 1. The van der Waals surface area contributed by atoms with Crippen molar-refractivity contribution in [1.29, 1.82) is 0 Å². The maximum absolute atomic E-state index is 2.71. The molecular formula is C21H32N2. The van der Waals surface area contributed by atoms with Gasteiger partial charge >= 0.3 is 0 Å². The Morgan fingerprint density at radius 3 is 2.74 bits per heavy atom. The minimum absolute atomic E-state index is 0.234. The van der Waals surface area contributed by atoms with Crippen LogP contribution in [0.3, 0.4) is 0 Å². The summed E-state index contributed by atoms with van der Waals surface area (Å²) in [6.45, 7) is 10.4. The zero-order valence-corrected chi connectivity index (χ0v) is 15.7. The summed E-state index contributed by atoms with van der Waals surface area (Å²) in [6.07, 6.45) is 12.0. The quantitative estimate of drug-likeness (QED) is 0.729. The smallest absolute Gasteiger partial charge is 0.0399 e. The summed E-state index contributed by atoms with van der Waals surface area (Å²) in [5.41, 5.74) is 8.01. The summed E-state index contributed by atoms with van der Waals surface area (Å²) in [5.74, 6) is 0.575. The fourth-order valence-corrected chi connectivity index (χ4v) is 4.52. The van der Waals surface area contributed by atoms with Gasteiger partial charge < -0.3 is 9.47 Å². The molecule has 1 atom stereocenters. The summed E-state index contributed by atoms with van der Waals surface area (Å²) in [7, 11) is 4.35. The highest BCUT2D eigenvalue weighted by Gasteiger charge is 2.40. The number of allylic oxidation sites excluding steroid dienone is 3. The molecule has 2 nitrogen and oxygen atoms in total. The van der Waals surface area contributed by atoms with Crippen LogP contribution in [-0.2, 0) is 18.4 Å². The van der Waals surface area contributed by atoms with E-state index >= 15 is 0 Å². The van der Waals surface area contributed by atoms with Crippen LogP contribution < -0.4 is 0 Å². The van der Waals surface area contributed by atoms with Gasteiger partial charge in [-0.2, -0.15) is 0 Å². The molecule has 1 aliphatic heterocycles. The van der Waals surface area contributed by atoms with E-state index in [0.29, 0.717) is 5.92 Å². The highest BCUT2D eigenvalue weighted by Crippen LogP contribution is 2.48. The van der Waals surface area contributed by atoms with Crippen LogP contribution in [-0.4, -0.2) is 30.1 Å². The lowest BCUT2D eigenvalue weighted by Crippen LogP contribution is -2.24. The lowest BCUT2D eigenvalue weighted by Gasteiger charge is -2.25. The van der Waals surface area contributed by atoms with Gasteiger partial charge in [-0.1, -0.05) is 23.8 Å². The third-order valence-corrected chi connectivity index (χ3v) is 5.31. The topological polar surface area (TPSA) is 8.17 Å². The predicted octanol–water partition coefficient (Wildman–Crippen LogP) is 4.74. The second-order valence-corrected chi connectivity index (χ2v) is 8.42. The highest BCUT2D eigenvalue weighted by molar-refractivity contribution is 5.63. The molecule has 3 rings (SSSR count). The van der Waals surface area contributed by atoms with E-state index in [-0.39, 0.29) is 5.54 Å². The number of likely N-dealkylation sites (N-methyl/N-ethyl adjacent to an activating group) is 1. The van der Waals surface area contributed by atoms with Crippen molar-refractivity contribution < 1.29 is 0 Å². The molecule has 126 valence electrons. The van der Waals surface area contributed by atoms with E-state index in [0.717, 1.165) is 13.0 Å². The first kappa shape index (κ1) is 16.6. The van der Waals surface area contributed by atoms with E-state index in [2.05, 4.69) is 69.5 Å². The zero-order valence-electron chi connectivity index (χ0n) is 15.7. The number of nitrogens with zero attached hydrogens (tertiary/aromatic N) is 2. The molecule has 0 saturated carbocycles. The Morgan fingerprint density at radius 2 is 2.09 bits per heavy atom. The standard InChI is InChI=1S/C21H32N2/c1-15(2)13-16-14-21(3,4)23-19-10-8-7-9-17(19)18(20(16)23)11-12-22(5)6/h7,9,13,16H,8,10-12,14H2,1-6H3/t16-/m0/s1. The Balaban J connectivity index is 2.16. The van der Waals surface area contributed by atoms with E-state index in [1.165, 1.54) is 30.4 Å². The Labute approximate surface area is 141 Å².